The number of rotatable bonds is 3. The molecule has 1 aliphatic heterocycles. The Kier molecular flexibility index (Phi) is 3.73. The molecule has 1 heterocycles. The highest BCUT2D eigenvalue weighted by Gasteiger charge is 2.49. The van der Waals surface area contributed by atoms with E-state index in [-0.39, 0.29) is 18.5 Å². The highest BCUT2D eigenvalue weighted by molar-refractivity contribution is 5.90. The summed E-state index contributed by atoms with van der Waals surface area (Å²) < 4.78 is 37.4. The van der Waals surface area contributed by atoms with E-state index in [1.807, 2.05) is 0 Å². The third kappa shape index (κ3) is 2.84. The maximum atomic E-state index is 12.5. The zero-order valence-electron chi connectivity index (χ0n) is 10.7. The number of halogens is 3. The van der Waals surface area contributed by atoms with Gasteiger partial charge in [-0.1, -0.05) is 0 Å². The number of likely N-dealkylation sites (N-methyl/N-ethyl adjacent to an activating group) is 1. The highest BCUT2D eigenvalue weighted by atomic mass is 19.4. The minimum absolute atomic E-state index is 0.0109. The minimum atomic E-state index is -4.90. The summed E-state index contributed by atoms with van der Waals surface area (Å²) in [4.78, 5) is 25.9. The summed E-state index contributed by atoms with van der Waals surface area (Å²) in [6, 6.07) is -0.782. The third-order valence-electron chi connectivity index (χ3n) is 3.65. The second kappa shape index (κ2) is 5.02. The van der Waals surface area contributed by atoms with Crippen molar-refractivity contribution in [2.24, 2.45) is 0 Å². The number of carbonyl (C=O) groups is 2. The van der Waals surface area contributed by atoms with Crippen molar-refractivity contribution < 1.29 is 22.8 Å². The lowest BCUT2D eigenvalue weighted by molar-refractivity contribution is -0.187. The van der Waals surface area contributed by atoms with Crippen LogP contribution in [0.15, 0.2) is 0 Å². The molecule has 1 unspecified atom stereocenters. The predicted molar refractivity (Wildman–Crippen MR) is 61.2 cm³/mol. The third-order valence-corrected chi connectivity index (χ3v) is 3.65. The Morgan fingerprint density at radius 1 is 1.26 bits per heavy atom. The summed E-state index contributed by atoms with van der Waals surface area (Å²) in [5, 5.41) is 0. The van der Waals surface area contributed by atoms with E-state index >= 15 is 0 Å². The summed E-state index contributed by atoms with van der Waals surface area (Å²) in [6.07, 6.45) is -2.33. The van der Waals surface area contributed by atoms with Gasteiger partial charge in [0.05, 0.1) is 0 Å². The van der Waals surface area contributed by atoms with Crippen LogP contribution in [0, 0.1) is 0 Å². The molecule has 1 atom stereocenters. The zero-order chi connectivity index (χ0) is 14.2. The number of hydrogen-bond acceptors (Lipinski definition) is 2. The number of hydrogen-bond donors (Lipinski definition) is 0. The Morgan fingerprint density at radius 3 is 2.37 bits per heavy atom. The van der Waals surface area contributed by atoms with Crippen LogP contribution < -0.4 is 0 Å². The normalized spacial score (nSPS) is 23.6. The number of nitrogens with zero attached hydrogens (tertiary/aromatic N) is 2. The van der Waals surface area contributed by atoms with E-state index < -0.39 is 18.1 Å². The second-order valence-electron chi connectivity index (χ2n) is 5.01. The van der Waals surface area contributed by atoms with Crippen molar-refractivity contribution in [2.75, 3.05) is 13.1 Å². The van der Waals surface area contributed by atoms with E-state index in [4.69, 9.17) is 0 Å². The van der Waals surface area contributed by atoms with Crippen LogP contribution in [0.1, 0.15) is 32.6 Å². The maximum absolute atomic E-state index is 12.5. The average Bonchev–Trinajstić information content (AvgIpc) is 3.04. The van der Waals surface area contributed by atoms with Crippen molar-refractivity contribution in [2.45, 2.75) is 50.9 Å². The van der Waals surface area contributed by atoms with Gasteiger partial charge < -0.3 is 9.80 Å². The Balaban J connectivity index is 2.09. The van der Waals surface area contributed by atoms with Gasteiger partial charge in [0.1, 0.15) is 6.04 Å². The van der Waals surface area contributed by atoms with E-state index in [1.165, 1.54) is 0 Å². The summed E-state index contributed by atoms with van der Waals surface area (Å²) in [7, 11) is 0. The van der Waals surface area contributed by atoms with Crippen molar-refractivity contribution in [3.8, 4) is 0 Å². The fourth-order valence-corrected chi connectivity index (χ4v) is 2.60. The average molecular weight is 278 g/mol. The van der Waals surface area contributed by atoms with Crippen LogP contribution in [-0.2, 0) is 9.59 Å². The highest BCUT2D eigenvalue weighted by Crippen LogP contribution is 2.31. The van der Waals surface area contributed by atoms with Gasteiger partial charge in [-0.3, -0.25) is 9.59 Å². The van der Waals surface area contributed by atoms with Crippen LogP contribution >= 0.6 is 0 Å². The van der Waals surface area contributed by atoms with Gasteiger partial charge in [0, 0.05) is 19.1 Å². The van der Waals surface area contributed by atoms with Crippen LogP contribution in [-0.4, -0.2) is 53.0 Å². The first-order valence-electron chi connectivity index (χ1n) is 6.54. The van der Waals surface area contributed by atoms with Gasteiger partial charge in [-0.05, 0) is 32.6 Å². The van der Waals surface area contributed by atoms with Gasteiger partial charge >= 0.3 is 12.1 Å². The van der Waals surface area contributed by atoms with E-state index in [1.54, 1.807) is 11.8 Å². The Labute approximate surface area is 109 Å². The standard InChI is InChI=1S/C12H17F3N2O2/c1-2-16(8-5-6-8)10(18)9-4-3-7-17(9)11(19)12(13,14)15/h8-9H,2-7H2,1H3. The van der Waals surface area contributed by atoms with Gasteiger partial charge in [0.15, 0.2) is 0 Å². The molecule has 0 spiro atoms. The second-order valence-corrected chi connectivity index (χ2v) is 5.01. The zero-order valence-corrected chi connectivity index (χ0v) is 10.7. The fraction of sp³-hybridized carbons (Fsp3) is 0.833. The molecule has 0 aromatic heterocycles. The Bertz CT molecular complexity index is 380. The molecule has 1 saturated heterocycles. The summed E-state index contributed by atoms with van der Waals surface area (Å²) in [5.41, 5.74) is 0. The predicted octanol–water partition coefficient (Wildman–Crippen LogP) is 1.55. The number of likely N-dealkylation sites (tertiary alicyclic amines) is 1. The smallest absolute Gasteiger partial charge is 0.338 e. The summed E-state index contributed by atoms with van der Waals surface area (Å²) in [6.45, 7) is 2.30. The molecule has 108 valence electrons. The van der Waals surface area contributed by atoms with E-state index in [2.05, 4.69) is 0 Å². The summed E-state index contributed by atoms with van der Waals surface area (Å²) in [5.74, 6) is -2.23. The van der Waals surface area contributed by atoms with Crippen molar-refractivity contribution in [1.29, 1.82) is 0 Å². The topological polar surface area (TPSA) is 40.6 Å². The molecule has 1 saturated carbocycles. The maximum Gasteiger partial charge on any atom is 0.471 e. The van der Waals surface area contributed by atoms with Crippen molar-refractivity contribution >= 4 is 11.8 Å². The first-order valence-corrected chi connectivity index (χ1v) is 6.54. The van der Waals surface area contributed by atoms with Gasteiger partial charge in [0.25, 0.3) is 0 Å². The van der Waals surface area contributed by atoms with Crippen molar-refractivity contribution in [1.82, 2.24) is 9.80 Å². The minimum Gasteiger partial charge on any atom is -0.338 e. The van der Waals surface area contributed by atoms with Gasteiger partial charge in [-0.25, -0.2) is 0 Å². The SMILES string of the molecule is CCN(C(=O)C1CCCN1C(=O)C(F)(F)F)C1CC1. The van der Waals surface area contributed by atoms with E-state index in [0.717, 1.165) is 12.8 Å². The Hall–Kier alpha value is -1.27. The Morgan fingerprint density at radius 2 is 1.89 bits per heavy atom. The lowest BCUT2D eigenvalue weighted by Crippen LogP contribution is -2.51. The van der Waals surface area contributed by atoms with E-state index in [9.17, 15) is 22.8 Å². The van der Waals surface area contributed by atoms with Crippen LogP contribution in [0.4, 0.5) is 13.2 Å². The molecule has 0 aromatic carbocycles. The molecule has 7 heteroatoms. The van der Waals surface area contributed by atoms with Crippen LogP contribution in [0.2, 0.25) is 0 Å². The van der Waals surface area contributed by atoms with Crippen LogP contribution in [0.5, 0.6) is 0 Å². The fourth-order valence-electron chi connectivity index (χ4n) is 2.60. The monoisotopic (exact) mass is 278 g/mol. The molecule has 19 heavy (non-hydrogen) atoms. The van der Waals surface area contributed by atoms with Crippen LogP contribution in [0.25, 0.3) is 0 Å². The first-order chi connectivity index (χ1) is 8.86. The van der Waals surface area contributed by atoms with Crippen LogP contribution in [0.3, 0.4) is 0 Å². The molecule has 2 amide bonds. The quantitative estimate of drug-likeness (QED) is 0.786. The van der Waals surface area contributed by atoms with Crippen molar-refractivity contribution in [3.63, 3.8) is 0 Å². The molecule has 2 rings (SSSR count). The number of amides is 2. The molecule has 0 aromatic rings. The molecule has 2 fully saturated rings. The largest absolute Gasteiger partial charge is 0.471 e. The molecule has 1 aliphatic carbocycles. The first kappa shape index (κ1) is 14.1. The van der Waals surface area contributed by atoms with Gasteiger partial charge in [-0.15, -0.1) is 0 Å². The molecule has 0 N–H and O–H groups in total. The van der Waals surface area contributed by atoms with Gasteiger partial charge in [0.2, 0.25) is 5.91 Å². The van der Waals surface area contributed by atoms with Crippen molar-refractivity contribution in [3.05, 3.63) is 0 Å². The van der Waals surface area contributed by atoms with Gasteiger partial charge in [-0.2, -0.15) is 13.2 Å². The molecule has 0 bridgehead atoms. The molecule has 4 nitrogen and oxygen atoms in total. The lowest BCUT2D eigenvalue weighted by Gasteiger charge is -2.30. The molecular weight excluding hydrogens is 261 g/mol. The number of carbonyl (C=O) groups excluding carboxylic acids is 2. The molecular formula is C12H17F3N2O2. The summed E-state index contributed by atoms with van der Waals surface area (Å²) >= 11 is 0. The molecule has 2 aliphatic rings. The lowest BCUT2D eigenvalue weighted by atomic mass is 10.2. The molecule has 0 radical (unpaired) electrons. The number of alkyl halides is 3. The van der Waals surface area contributed by atoms with E-state index in [0.29, 0.717) is 24.3 Å².